The molecule has 5 nitrogen and oxygen atoms in total. The quantitative estimate of drug-likeness (QED) is 0.439. The van der Waals surface area contributed by atoms with E-state index in [4.69, 9.17) is 4.74 Å². The van der Waals surface area contributed by atoms with Crippen molar-refractivity contribution >= 4 is 38.5 Å². The standard InChI is InChI=1S/C27H29BrN2O3/c1-19(27(32)29-22-12-6-7-13-22)30(17-20-9-3-2-4-10-20)25(31)18-33-24-16-15-21-11-5-8-14-23(21)26(24)28/h2-5,8-11,14-16,19,22H,6-7,12-13,17-18H2,1H3,(H,29,32)/t19-/m1/s1. The molecule has 0 aliphatic heterocycles. The zero-order chi connectivity index (χ0) is 23.2. The Morgan fingerprint density at radius 2 is 1.73 bits per heavy atom. The third-order valence-electron chi connectivity index (χ3n) is 6.24. The predicted octanol–water partition coefficient (Wildman–Crippen LogP) is 5.46. The van der Waals surface area contributed by atoms with Crippen LogP contribution in [0.15, 0.2) is 71.2 Å². The molecule has 0 aromatic heterocycles. The molecular formula is C27H29BrN2O3. The van der Waals surface area contributed by atoms with Gasteiger partial charge in [0.15, 0.2) is 6.61 Å². The van der Waals surface area contributed by atoms with Crippen LogP contribution in [0.5, 0.6) is 5.75 Å². The minimum absolute atomic E-state index is 0.113. The van der Waals surface area contributed by atoms with Crippen LogP contribution in [0.3, 0.4) is 0 Å². The number of nitrogens with one attached hydrogen (secondary N) is 1. The molecular weight excluding hydrogens is 480 g/mol. The van der Waals surface area contributed by atoms with E-state index >= 15 is 0 Å². The van der Waals surface area contributed by atoms with E-state index in [1.807, 2.05) is 66.7 Å². The number of hydrogen-bond acceptors (Lipinski definition) is 3. The lowest BCUT2D eigenvalue weighted by molar-refractivity contribution is -0.142. The Labute approximate surface area is 203 Å². The number of benzene rings is 3. The van der Waals surface area contributed by atoms with Gasteiger partial charge in [-0.2, -0.15) is 0 Å². The molecule has 0 saturated heterocycles. The summed E-state index contributed by atoms with van der Waals surface area (Å²) < 4.78 is 6.73. The van der Waals surface area contributed by atoms with E-state index < -0.39 is 6.04 Å². The first-order chi connectivity index (χ1) is 16.0. The van der Waals surface area contributed by atoms with Crippen LogP contribution in [0.4, 0.5) is 0 Å². The minimum atomic E-state index is -0.595. The molecule has 33 heavy (non-hydrogen) atoms. The third kappa shape index (κ3) is 5.74. The summed E-state index contributed by atoms with van der Waals surface area (Å²) in [5.74, 6) is 0.260. The van der Waals surface area contributed by atoms with Crippen molar-refractivity contribution < 1.29 is 14.3 Å². The summed E-state index contributed by atoms with van der Waals surface area (Å²) in [5.41, 5.74) is 0.971. The van der Waals surface area contributed by atoms with E-state index in [1.54, 1.807) is 11.8 Å². The molecule has 4 rings (SSSR count). The second-order valence-corrected chi connectivity index (χ2v) is 9.35. The molecule has 0 radical (unpaired) electrons. The molecule has 3 aromatic rings. The summed E-state index contributed by atoms with van der Waals surface area (Å²) in [6.45, 7) is 1.99. The van der Waals surface area contributed by atoms with Gasteiger partial charge in [0, 0.05) is 12.6 Å². The van der Waals surface area contributed by atoms with Crippen LogP contribution < -0.4 is 10.1 Å². The van der Waals surface area contributed by atoms with E-state index in [0.717, 1.165) is 46.5 Å². The molecule has 0 unspecified atom stereocenters. The van der Waals surface area contributed by atoms with E-state index in [0.29, 0.717) is 12.3 Å². The fourth-order valence-corrected chi connectivity index (χ4v) is 4.91. The Kier molecular flexibility index (Phi) is 7.65. The second kappa shape index (κ2) is 10.8. The summed E-state index contributed by atoms with van der Waals surface area (Å²) in [5, 5.41) is 5.23. The number of amides is 2. The summed E-state index contributed by atoms with van der Waals surface area (Å²) >= 11 is 3.61. The smallest absolute Gasteiger partial charge is 0.261 e. The van der Waals surface area contributed by atoms with Gasteiger partial charge >= 0.3 is 0 Å². The van der Waals surface area contributed by atoms with Crippen molar-refractivity contribution in [2.45, 2.75) is 51.2 Å². The number of nitrogens with zero attached hydrogens (tertiary/aromatic N) is 1. The Morgan fingerprint density at radius 3 is 2.48 bits per heavy atom. The van der Waals surface area contributed by atoms with Crippen LogP contribution in [0.25, 0.3) is 10.8 Å². The number of ether oxygens (including phenoxy) is 1. The number of carbonyl (C=O) groups is 2. The van der Waals surface area contributed by atoms with Crippen molar-refractivity contribution in [2.24, 2.45) is 0 Å². The SMILES string of the molecule is C[C@H](C(=O)NC1CCCC1)N(Cc1ccccc1)C(=O)COc1ccc2ccccc2c1Br. The van der Waals surface area contributed by atoms with Gasteiger partial charge < -0.3 is 15.0 Å². The maximum Gasteiger partial charge on any atom is 0.261 e. The fourth-order valence-electron chi connectivity index (χ4n) is 4.30. The van der Waals surface area contributed by atoms with E-state index in [9.17, 15) is 9.59 Å². The Hall–Kier alpha value is -2.86. The minimum Gasteiger partial charge on any atom is -0.483 e. The first-order valence-electron chi connectivity index (χ1n) is 11.5. The molecule has 0 heterocycles. The first kappa shape index (κ1) is 23.3. The van der Waals surface area contributed by atoms with Crippen LogP contribution in [0.1, 0.15) is 38.2 Å². The lowest BCUT2D eigenvalue weighted by Gasteiger charge is -2.29. The molecule has 2 amide bonds. The number of halogens is 1. The van der Waals surface area contributed by atoms with Crippen molar-refractivity contribution in [1.29, 1.82) is 0 Å². The van der Waals surface area contributed by atoms with Gasteiger partial charge in [0.25, 0.3) is 5.91 Å². The Balaban J connectivity index is 1.48. The topological polar surface area (TPSA) is 58.6 Å². The van der Waals surface area contributed by atoms with Crippen molar-refractivity contribution in [3.8, 4) is 5.75 Å². The lowest BCUT2D eigenvalue weighted by atomic mass is 10.1. The zero-order valence-corrected chi connectivity index (χ0v) is 20.4. The van der Waals surface area contributed by atoms with Crippen molar-refractivity contribution in [3.05, 3.63) is 76.8 Å². The second-order valence-electron chi connectivity index (χ2n) is 8.56. The average Bonchev–Trinajstić information content (AvgIpc) is 3.35. The highest BCUT2D eigenvalue weighted by Crippen LogP contribution is 2.33. The van der Waals surface area contributed by atoms with Crippen molar-refractivity contribution in [3.63, 3.8) is 0 Å². The highest BCUT2D eigenvalue weighted by atomic mass is 79.9. The van der Waals surface area contributed by atoms with E-state index in [1.165, 1.54) is 0 Å². The highest BCUT2D eigenvalue weighted by molar-refractivity contribution is 9.10. The average molecular weight is 509 g/mol. The van der Waals surface area contributed by atoms with Crippen molar-refractivity contribution in [1.82, 2.24) is 10.2 Å². The van der Waals surface area contributed by atoms with Gasteiger partial charge in [-0.1, -0.05) is 73.5 Å². The monoisotopic (exact) mass is 508 g/mol. The van der Waals surface area contributed by atoms with Gasteiger partial charge in [-0.25, -0.2) is 0 Å². The number of carbonyl (C=O) groups excluding carboxylic acids is 2. The fraction of sp³-hybridized carbons (Fsp3) is 0.333. The van der Waals surface area contributed by atoms with Gasteiger partial charge in [-0.15, -0.1) is 0 Å². The number of rotatable bonds is 8. The molecule has 3 aromatic carbocycles. The molecule has 1 fully saturated rings. The van der Waals surface area contributed by atoms with Gasteiger partial charge in [0.05, 0.1) is 4.47 Å². The van der Waals surface area contributed by atoms with Gasteiger partial charge in [-0.05, 0) is 58.1 Å². The zero-order valence-electron chi connectivity index (χ0n) is 18.8. The molecule has 1 saturated carbocycles. The summed E-state index contributed by atoms with van der Waals surface area (Å²) in [6, 6.07) is 21.2. The molecule has 1 aliphatic rings. The van der Waals surface area contributed by atoms with E-state index in [-0.39, 0.29) is 24.5 Å². The van der Waals surface area contributed by atoms with Crippen LogP contribution in [-0.4, -0.2) is 35.4 Å². The van der Waals surface area contributed by atoms with Crippen LogP contribution >= 0.6 is 15.9 Å². The highest BCUT2D eigenvalue weighted by Gasteiger charge is 2.28. The lowest BCUT2D eigenvalue weighted by Crippen LogP contribution is -2.50. The molecule has 6 heteroatoms. The Bertz CT molecular complexity index is 1110. The largest absolute Gasteiger partial charge is 0.483 e. The molecule has 1 N–H and O–H groups in total. The van der Waals surface area contributed by atoms with Gasteiger partial charge in [0.2, 0.25) is 5.91 Å². The molecule has 1 atom stereocenters. The summed E-state index contributed by atoms with van der Waals surface area (Å²) in [7, 11) is 0. The molecule has 172 valence electrons. The molecule has 1 aliphatic carbocycles. The van der Waals surface area contributed by atoms with Crippen LogP contribution in [-0.2, 0) is 16.1 Å². The maximum atomic E-state index is 13.3. The predicted molar refractivity (Wildman–Crippen MR) is 134 cm³/mol. The first-order valence-corrected chi connectivity index (χ1v) is 12.3. The van der Waals surface area contributed by atoms with Crippen molar-refractivity contribution in [2.75, 3.05) is 6.61 Å². The van der Waals surface area contributed by atoms with Gasteiger partial charge in [0.1, 0.15) is 11.8 Å². The van der Waals surface area contributed by atoms with Gasteiger partial charge in [-0.3, -0.25) is 9.59 Å². The number of hydrogen-bond donors (Lipinski definition) is 1. The summed E-state index contributed by atoms with van der Waals surface area (Å²) in [4.78, 5) is 27.8. The molecule has 0 bridgehead atoms. The normalized spacial score (nSPS) is 14.7. The third-order valence-corrected chi connectivity index (χ3v) is 7.06. The number of fused-ring (bicyclic) bond motifs is 1. The summed E-state index contributed by atoms with van der Waals surface area (Å²) in [6.07, 6.45) is 4.29. The van der Waals surface area contributed by atoms with E-state index in [2.05, 4.69) is 21.2 Å². The van der Waals surface area contributed by atoms with Crippen LogP contribution in [0.2, 0.25) is 0 Å². The Morgan fingerprint density at radius 1 is 1.03 bits per heavy atom. The van der Waals surface area contributed by atoms with Crippen LogP contribution in [0, 0.1) is 0 Å². The maximum absolute atomic E-state index is 13.3. The molecule has 0 spiro atoms.